The summed E-state index contributed by atoms with van der Waals surface area (Å²) in [5.74, 6) is 2.14. The van der Waals surface area contributed by atoms with Crippen molar-refractivity contribution in [3.63, 3.8) is 0 Å². The van der Waals surface area contributed by atoms with E-state index in [1.165, 1.54) is 17.5 Å². The molecule has 20 heavy (non-hydrogen) atoms. The van der Waals surface area contributed by atoms with Gasteiger partial charge in [0.05, 0.1) is 0 Å². The number of nitrogens with zero attached hydrogens (tertiary/aromatic N) is 1. The highest BCUT2D eigenvalue weighted by molar-refractivity contribution is 14.0. The van der Waals surface area contributed by atoms with Crippen LogP contribution in [-0.4, -0.2) is 25.6 Å². The predicted molar refractivity (Wildman–Crippen MR) is 97.1 cm³/mol. The monoisotopic (exact) mass is 387 g/mol. The Morgan fingerprint density at radius 2 is 2.00 bits per heavy atom. The van der Waals surface area contributed by atoms with E-state index in [0.717, 1.165) is 12.5 Å². The molecule has 1 aromatic carbocycles. The fraction of sp³-hybridized carbons (Fsp3) is 0.562. The summed E-state index contributed by atoms with van der Waals surface area (Å²) in [5.41, 5.74) is 2.98. The minimum Gasteiger partial charge on any atom is -0.356 e. The quantitative estimate of drug-likeness (QED) is 0.473. The van der Waals surface area contributed by atoms with Gasteiger partial charge < -0.3 is 10.6 Å². The summed E-state index contributed by atoms with van der Waals surface area (Å²) < 4.78 is 0. The summed E-state index contributed by atoms with van der Waals surface area (Å²) >= 11 is 0. The van der Waals surface area contributed by atoms with E-state index in [2.05, 4.69) is 60.7 Å². The fourth-order valence-corrected chi connectivity index (χ4v) is 2.34. The number of halogens is 1. The lowest BCUT2D eigenvalue weighted by atomic mass is 9.78. The second kappa shape index (κ2) is 7.86. The lowest BCUT2D eigenvalue weighted by molar-refractivity contribution is 0.477. The minimum absolute atomic E-state index is 0. The van der Waals surface area contributed by atoms with Crippen molar-refractivity contribution in [2.75, 3.05) is 13.6 Å². The van der Waals surface area contributed by atoms with Crippen molar-refractivity contribution in [3.8, 4) is 0 Å². The van der Waals surface area contributed by atoms with E-state index in [1.807, 2.05) is 7.05 Å². The van der Waals surface area contributed by atoms with Crippen LogP contribution >= 0.6 is 24.0 Å². The number of guanidine groups is 1. The molecule has 112 valence electrons. The zero-order chi connectivity index (χ0) is 13.8. The first-order valence-corrected chi connectivity index (χ1v) is 7.16. The Labute approximate surface area is 139 Å². The van der Waals surface area contributed by atoms with Gasteiger partial charge in [-0.25, -0.2) is 0 Å². The molecular weight excluding hydrogens is 361 g/mol. The smallest absolute Gasteiger partial charge is 0.191 e. The van der Waals surface area contributed by atoms with Crippen LogP contribution in [0.1, 0.15) is 37.8 Å². The van der Waals surface area contributed by atoms with Gasteiger partial charge in [-0.2, -0.15) is 0 Å². The third-order valence-corrected chi connectivity index (χ3v) is 4.07. The van der Waals surface area contributed by atoms with Crippen LogP contribution < -0.4 is 10.6 Å². The largest absolute Gasteiger partial charge is 0.356 e. The maximum absolute atomic E-state index is 4.29. The molecular formula is C16H26IN3. The van der Waals surface area contributed by atoms with Crippen molar-refractivity contribution >= 4 is 29.9 Å². The number of benzene rings is 1. The Kier molecular flexibility index (Phi) is 6.79. The molecule has 0 radical (unpaired) electrons. The van der Waals surface area contributed by atoms with E-state index in [4.69, 9.17) is 0 Å². The molecule has 2 atom stereocenters. The average Bonchev–Trinajstić information content (AvgIpc) is 2.38. The van der Waals surface area contributed by atoms with Crippen LogP contribution in [-0.2, 0) is 6.42 Å². The molecule has 0 amide bonds. The molecule has 0 aliphatic heterocycles. The van der Waals surface area contributed by atoms with Gasteiger partial charge in [0.25, 0.3) is 0 Å². The van der Waals surface area contributed by atoms with Gasteiger partial charge in [-0.05, 0) is 30.4 Å². The Bertz CT molecular complexity index is 457. The molecule has 0 heterocycles. The lowest BCUT2D eigenvalue weighted by Gasteiger charge is -2.31. The summed E-state index contributed by atoms with van der Waals surface area (Å²) in [6, 6.07) is 9.13. The number of hydrogen-bond donors (Lipinski definition) is 2. The van der Waals surface area contributed by atoms with Crippen LogP contribution in [0.25, 0.3) is 0 Å². The van der Waals surface area contributed by atoms with Crippen LogP contribution in [0.3, 0.4) is 0 Å². The predicted octanol–water partition coefficient (Wildman–Crippen LogP) is 3.15. The van der Waals surface area contributed by atoms with Crippen molar-refractivity contribution in [2.24, 2.45) is 10.9 Å². The highest BCUT2D eigenvalue weighted by atomic mass is 127. The number of aliphatic imine (C=N–C) groups is 1. The second-order valence-electron chi connectivity index (χ2n) is 5.73. The molecule has 4 heteroatoms. The molecule has 1 aliphatic rings. The van der Waals surface area contributed by atoms with Crippen LogP contribution in [0.2, 0.25) is 0 Å². The highest BCUT2D eigenvalue weighted by Crippen LogP contribution is 2.33. The van der Waals surface area contributed by atoms with Crippen LogP contribution in [0.5, 0.6) is 0 Å². The Morgan fingerprint density at radius 1 is 1.30 bits per heavy atom. The maximum Gasteiger partial charge on any atom is 0.191 e. The normalized spacial score (nSPS) is 18.6. The minimum atomic E-state index is 0. The summed E-state index contributed by atoms with van der Waals surface area (Å²) in [6.45, 7) is 7.58. The maximum atomic E-state index is 4.29. The number of fused-ring (bicyclic) bond motifs is 1. The zero-order valence-electron chi connectivity index (χ0n) is 12.8. The SMILES string of the molecule is CN=C(NCC1Cc2ccccc21)NC(C)C(C)C.I. The molecule has 0 saturated heterocycles. The number of rotatable bonds is 4. The molecule has 0 bridgehead atoms. The summed E-state index contributed by atoms with van der Waals surface area (Å²) in [5, 5.41) is 6.87. The van der Waals surface area contributed by atoms with Crippen LogP contribution in [0.4, 0.5) is 0 Å². The average molecular weight is 387 g/mol. The van der Waals surface area contributed by atoms with E-state index < -0.39 is 0 Å². The third kappa shape index (κ3) is 4.11. The third-order valence-electron chi connectivity index (χ3n) is 4.07. The van der Waals surface area contributed by atoms with E-state index in [0.29, 0.717) is 17.9 Å². The molecule has 0 saturated carbocycles. The van der Waals surface area contributed by atoms with Crippen molar-refractivity contribution < 1.29 is 0 Å². The van der Waals surface area contributed by atoms with E-state index >= 15 is 0 Å². The van der Waals surface area contributed by atoms with Crippen molar-refractivity contribution in [3.05, 3.63) is 35.4 Å². The van der Waals surface area contributed by atoms with Gasteiger partial charge in [0.1, 0.15) is 0 Å². The molecule has 2 unspecified atom stereocenters. The topological polar surface area (TPSA) is 36.4 Å². The van der Waals surface area contributed by atoms with Crippen LogP contribution in [0, 0.1) is 5.92 Å². The second-order valence-corrected chi connectivity index (χ2v) is 5.73. The van der Waals surface area contributed by atoms with Gasteiger partial charge in [-0.15, -0.1) is 24.0 Å². The lowest BCUT2D eigenvalue weighted by Crippen LogP contribution is -2.46. The van der Waals surface area contributed by atoms with Gasteiger partial charge >= 0.3 is 0 Å². The fourth-order valence-electron chi connectivity index (χ4n) is 2.34. The number of nitrogens with one attached hydrogen (secondary N) is 2. The molecule has 2 rings (SSSR count). The van der Waals surface area contributed by atoms with Gasteiger partial charge in [0.15, 0.2) is 5.96 Å². The summed E-state index contributed by atoms with van der Waals surface area (Å²) in [4.78, 5) is 4.29. The standard InChI is InChI=1S/C16H25N3.HI/c1-11(2)12(3)19-16(17-4)18-10-14-9-13-7-5-6-8-15(13)14;/h5-8,11-12,14H,9-10H2,1-4H3,(H2,17,18,19);1H. The molecule has 0 aromatic heterocycles. The Balaban J connectivity index is 0.00000200. The summed E-state index contributed by atoms with van der Waals surface area (Å²) in [6.07, 6.45) is 1.18. The van der Waals surface area contributed by atoms with Gasteiger partial charge in [0, 0.05) is 25.6 Å². The highest BCUT2D eigenvalue weighted by Gasteiger charge is 2.25. The Hall–Kier alpha value is -0.780. The summed E-state index contributed by atoms with van der Waals surface area (Å²) in [7, 11) is 1.83. The van der Waals surface area contributed by atoms with Crippen molar-refractivity contribution in [2.45, 2.75) is 39.2 Å². The van der Waals surface area contributed by atoms with Crippen molar-refractivity contribution in [1.29, 1.82) is 0 Å². The Morgan fingerprint density at radius 3 is 2.60 bits per heavy atom. The first-order valence-electron chi connectivity index (χ1n) is 7.16. The van der Waals surface area contributed by atoms with E-state index in [1.54, 1.807) is 0 Å². The first-order chi connectivity index (χ1) is 9.11. The van der Waals surface area contributed by atoms with Crippen molar-refractivity contribution in [1.82, 2.24) is 10.6 Å². The van der Waals surface area contributed by atoms with Gasteiger partial charge in [0.2, 0.25) is 0 Å². The van der Waals surface area contributed by atoms with E-state index in [9.17, 15) is 0 Å². The van der Waals surface area contributed by atoms with Gasteiger partial charge in [-0.1, -0.05) is 38.1 Å². The first kappa shape index (κ1) is 17.3. The van der Waals surface area contributed by atoms with E-state index in [-0.39, 0.29) is 24.0 Å². The molecule has 1 aromatic rings. The molecule has 1 aliphatic carbocycles. The molecule has 3 nitrogen and oxygen atoms in total. The number of hydrogen-bond acceptors (Lipinski definition) is 1. The molecule has 0 fully saturated rings. The zero-order valence-corrected chi connectivity index (χ0v) is 15.1. The molecule has 0 spiro atoms. The molecule has 2 N–H and O–H groups in total. The van der Waals surface area contributed by atoms with Crippen LogP contribution in [0.15, 0.2) is 29.3 Å². The van der Waals surface area contributed by atoms with Gasteiger partial charge in [-0.3, -0.25) is 4.99 Å².